The van der Waals surface area contributed by atoms with Gasteiger partial charge in [0, 0.05) is 25.2 Å². The molecule has 1 saturated carbocycles. The molecule has 0 atom stereocenters. The SMILES string of the molecule is N#Cc1ccc(OC2CCC(NC(=O)c3ccc(N4CCC(CCC5CCNCC5)CC4)nn3)CC2)cc1Cl. The van der Waals surface area contributed by atoms with Crippen molar-refractivity contribution in [3.8, 4) is 11.8 Å². The van der Waals surface area contributed by atoms with E-state index in [-0.39, 0.29) is 18.1 Å². The van der Waals surface area contributed by atoms with Gasteiger partial charge in [-0.2, -0.15) is 5.26 Å². The maximum atomic E-state index is 12.8. The number of carbonyl (C=O) groups excluding carboxylic acids is 1. The number of benzene rings is 1. The van der Waals surface area contributed by atoms with Gasteiger partial charge in [-0.25, -0.2) is 0 Å². The zero-order chi connectivity index (χ0) is 27.0. The highest BCUT2D eigenvalue weighted by Gasteiger charge is 2.26. The van der Waals surface area contributed by atoms with Crippen molar-refractivity contribution in [3.05, 3.63) is 46.6 Å². The number of rotatable bonds is 8. The lowest BCUT2D eigenvalue weighted by molar-refractivity contribution is 0.0888. The third kappa shape index (κ3) is 7.61. The lowest BCUT2D eigenvalue weighted by Crippen LogP contribution is -2.40. The summed E-state index contributed by atoms with van der Waals surface area (Å²) in [7, 11) is 0. The molecule has 3 heterocycles. The molecule has 1 aromatic carbocycles. The van der Waals surface area contributed by atoms with E-state index in [1.807, 2.05) is 6.07 Å². The topological polar surface area (TPSA) is 103 Å². The Balaban J connectivity index is 1.02. The summed E-state index contributed by atoms with van der Waals surface area (Å²) in [6.45, 7) is 4.39. The molecular formula is C30H39ClN6O2. The maximum Gasteiger partial charge on any atom is 0.272 e. The van der Waals surface area contributed by atoms with Crippen LogP contribution in [-0.4, -0.2) is 54.4 Å². The fourth-order valence-corrected chi connectivity index (χ4v) is 6.36. The van der Waals surface area contributed by atoms with Gasteiger partial charge in [-0.3, -0.25) is 4.79 Å². The fourth-order valence-electron chi connectivity index (χ4n) is 6.14. The van der Waals surface area contributed by atoms with Crippen molar-refractivity contribution < 1.29 is 9.53 Å². The predicted molar refractivity (Wildman–Crippen MR) is 152 cm³/mol. The summed E-state index contributed by atoms with van der Waals surface area (Å²) in [5, 5.41) is 24.7. The van der Waals surface area contributed by atoms with Gasteiger partial charge < -0.3 is 20.3 Å². The molecule has 0 radical (unpaired) electrons. The van der Waals surface area contributed by atoms with E-state index < -0.39 is 0 Å². The average Bonchev–Trinajstić information content (AvgIpc) is 2.98. The highest BCUT2D eigenvalue weighted by molar-refractivity contribution is 6.31. The van der Waals surface area contributed by atoms with Gasteiger partial charge in [-0.05, 0) is 101 Å². The zero-order valence-electron chi connectivity index (χ0n) is 22.6. The van der Waals surface area contributed by atoms with Gasteiger partial charge in [0.2, 0.25) is 0 Å². The van der Waals surface area contributed by atoms with E-state index in [0.29, 0.717) is 22.0 Å². The molecule has 9 heteroatoms. The van der Waals surface area contributed by atoms with Gasteiger partial charge in [0.25, 0.3) is 5.91 Å². The molecule has 0 spiro atoms. The number of nitriles is 1. The summed E-state index contributed by atoms with van der Waals surface area (Å²) in [5.41, 5.74) is 0.802. The van der Waals surface area contributed by atoms with Crippen LogP contribution in [-0.2, 0) is 0 Å². The normalized spacial score (nSPS) is 22.7. The maximum absolute atomic E-state index is 12.8. The van der Waals surface area contributed by atoms with Gasteiger partial charge >= 0.3 is 0 Å². The Morgan fingerprint density at radius 3 is 2.36 bits per heavy atom. The summed E-state index contributed by atoms with van der Waals surface area (Å²) in [5.74, 6) is 3.09. The Kier molecular flexibility index (Phi) is 9.54. The van der Waals surface area contributed by atoms with Crippen LogP contribution in [0, 0.1) is 23.2 Å². The van der Waals surface area contributed by atoms with E-state index in [1.165, 1.54) is 51.6 Å². The van der Waals surface area contributed by atoms with Crippen LogP contribution in [0.2, 0.25) is 5.02 Å². The Hall–Kier alpha value is -2.89. The number of ether oxygens (including phenoxy) is 1. The molecule has 2 N–H and O–H groups in total. The third-order valence-electron chi connectivity index (χ3n) is 8.64. The standard InChI is InChI=1S/C30H39ClN6O2/c31-27-19-26(6-3-23(27)20-32)39-25-7-4-24(5-8-25)34-30(38)28-9-10-29(36-35-28)37-17-13-22(14-18-37)2-1-21-11-15-33-16-12-21/h3,6,9-10,19,21-22,24-25,33H,1-2,4-5,7-8,11-18H2,(H,34,38). The third-order valence-corrected chi connectivity index (χ3v) is 8.95. The molecule has 2 saturated heterocycles. The molecule has 3 aliphatic rings. The molecule has 39 heavy (non-hydrogen) atoms. The van der Waals surface area contributed by atoms with E-state index in [2.05, 4.69) is 31.8 Å². The molecule has 1 aromatic heterocycles. The van der Waals surface area contributed by atoms with Crippen molar-refractivity contribution in [2.75, 3.05) is 31.1 Å². The van der Waals surface area contributed by atoms with Crippen molar-refractivity contribution in [2.24, 2.45) is 11.8 Å². The smallest absolute Gasteiger partial charge is 0.272 e. The monoisotopic (exact) mass is 550 g/mol. The fraction of sp³-hybridized carbons (Fsp3) is 0.600. The number of piperidine rings is 2. The van der Waals surface area contributed by atoms with Gasteiger partial charge in [-0.1, -0.05) is 24.4 Å². The molecule has 8 nitrogen and oxygen atoms in total. The second-order valence-electron chi connectivity index (χ2n) is 11.3. The summed E-state index contributed by atoms with van der Waals surface area (Å²) < 4.78 is 6.06. The first kappa shape index (κ1) is 27.7. The van der Waals surface area contributed by atoms with Crippen LogP contribution >= 0.6 is 11.6 Å². The van der Waals surface area contributed by atoms with Crippen LogP contribution in [0.1, 0.15) is 80.3 Å². The molecule has 0 bridgehead atoms. The Labute approximate surface area is 236 Å². The van der Waals surface area contributed by atoms with Crippen molar-refractivity contribution in [2.45, 2.75) is 76.4 Å². The minimum atomic E-state index is -0.172. The Morgan fingerprint density at radius 1 is 1.00 bits per heavy atom. The summed E-state index contributed by atoms with van der Waals surface area (Å²) >= 11 is 6.12. The number of nitrogens with zero attached hydrogens (tertiary/aromatic N) is 4. The van der Waals surface area contributed by atoms with E-state index in [1.54, 1.807) is 24.3 Å². The van der Waals surface area contributed by atoms with Crippen LogP contribution in [0.4, 0.5) is 5.82 Å². The molecule has 1 aliphatic carbocycles. The van der Waals surface area contributed by atoms with Gasteiger partial charge in [0.05, 0.1) is 16.7 Å². The number of hydrogen-bond donors (Lipinski definition) is 2. The second kappa shape index (κ2) is 13.5. The average molecular weight is 551 g/mol. The molecule has 2 aliphatic heterocycles. The van der Waals surface area contributed by atoms with Crippen molar-refractivity contribution in [1.82, 2.24) is 20.8 Å². The number of nitrogens with one attached hydrogen (secondary N) is 2. The molecule has 1 amide bonds. The van der Waals surface area contributed by atoms with E-state index >= 15 is 0 Å². The minimum absolute atomic E-state index is 0.0647. The number of hydrogen-bond acceptors (Lipinski definition) is 7. The molecule has 208 valence electrons. The summed E-state index contributed by atoms with van der Waals surface area (Å²) in [6.07, 6.45) is 11.2. The number of halogens is 1. The van der Waals surface area contributed by atoms with Crippen LogP contribution in [0.25, 0.3) is 0 Å². The van der Waals surface area contributed by atoms with Crippen molar-refractivity contribution >= 4 is 23.3 Å². The first-order valence-electron chi connectivity index (χ1n) is 14.5. The highest BCUT2D eigenvalue weighted by Crippen LogP contribution is 2.29. The molecule has 5 rings (SSSR count). The lowest BCUT2D eigenvalue weighted by atomic mass is 9.85. The van der Waals surface area contributed by atoms with Crippen LogP contribution < -0.4 is 20.3 Å². The van der Waals surface area contributed by atoms with E-state index in [4.69, 9.17) is 21.6 Å². The molecule has 2 aromatic rings. The van der Waals surface area contributed by atoms with Gasteiger partial charge in [0.1, 0.15) is 11.8 Å². The molecular weight excluding hydrogens is 512 g/mol. The zero-order valence-corrected chi connectivity index (χ0v) is 23.3. The van der Waals surface area contributed by atoms with Gasteiger partial charge in [0.15, 0.2) is 11.5 Å². The second-order valence-corrected chi connectivity index (χ2v) is 11.7. The number of anilines is 1. The largest absolute Gasteiger partial charge is 0.490 e. The molecule has 3 fully saturated rings. The number of aromatic nitrogens is 2. The minimum Gasteiger partial charge on any atom is -0.490 e. The van der Waals surface area contributed by atoms with Crippen LogP contribution in [0.15, 0.2) is 30.3 Å². The van der Waals surface area contributed by atoms with Gasteiger partial charge in [-0.15, -0.1) is 10.2 Å². The summed E-state index contributed by atoms with van der Waals surface area (Å²) in [4.78, 5) is 15.1. The Bertz CT molecular complexity index is 1130. The predicted octanol–water partition coefficient (Wildman–Crippen LogP) is 5.12. The quantitative estimate of drug-likeness (QED) is 0.470. The highest BCUT2D eigenvalue weighted by atomic mass is 35.5. The number of amides is 1. The first-order valence-corrected chi connectivity index (χ1v) is 14.9. The number of carbonyl (C=O) groups is 1. The molecule has 0 unspecified atom stereocenters. The van der Waals surface area contributed by atoms with E-state index in [9.17, 15) is 4.79 Å². The Morgan fingerprint density at radius 2 is 1.72 bits per heavy atom. The van der Waals surface area contributed by atoms with Crippen molar-refractivity contribution in [3.63, 3.8) is 0 Å². The summed E-state index contributed by atoms with van der Waals surface area (Å²) in [6, 6.07) is 11.0. The first-order chi connectivity index (χ1) is 19.1. The van der Waals surface area contributed by atoms with Crippen molar-refractivity contribution in [1.29, 1.82) is 5.26 Å². The van der Waals surface area contributed by atoms with Crippen LogP contribution in [0.3, 0.4) is 0 Å². The van der Waals surface area contributed by atoms with E-state index in [0.717, 1.165) is 56.4 Å². The lowest BCUT2D eigenvalue weighted by Gasteiger charge is -2.33. The van der Waals surface area contributed by atoms with Crippen LogP contribution in [0.5, 0.6) is 5.75 Å².